The Morgan fingerprint density at radius 2 is 1.42 bits per heavy atom. The van der Waals surface area contributed by atoms with Gasteiger partial charge in [-0.3, -0.25) is 9.59 Å². The van der Waals surface area contributed by atoms with Gasteiger partial charge in [-0.25, -0.2) is 4.79 Å². The highest BCUT2D eigenvalue weighted by molar-refractivity contribution is 5.86. The first-order valence-corrected chi connectivity index (χ1v) is 15.5. The fourth-order valence-electron chi connectivity index (χ4n) is 7.06. The van der Waals surface area contributed by atoms with Gasteiger partial charge in [-0.2, -0.15) is 0 Å². The minimum atomic E-state index is -1.22. The van der Waals surface area contributed by atoms with Crippen molar-refractivity contribution < 1.29 is 19.5 Å². The van der Waals surface area contributed by atoms with E-state index in [0.29, 0.717) is 13.0 Å². The number of carboxylic acid groups (broad SMARTS) is 1. The summed E-state index contributed by atoms with van der Waals surface area (Å²) in [5.41, 5.74) is 6.91. The lowest BCUT2D eigenvalue weighted by molar-refractivity contribution is -0.124. The van der Waals surface area contributed by atoms with E-state index in [9.17, 15) is 19.5 Å². The Morgan fingerprint density at radius 1 is 0.814 bits per heavy atom. The van der Waals surface area contributed by atoms with E-state index in [2.05, 4.69) is 45.5 Å². The van der Waals surface area contributed by atoms with E-state index in [-0.39, 0.29) is 42.3 Å². The van der Waals surface area contributed by atoms with Gasteiger partial charge < -0.3 is 26.4 Å². The lowest BCUT2D eigenvalue weighted by Gasteiger charge is -2.28. The minimum Gasteiger partial charge on any atom is -0.465 e. The van der Waals surface area contributed by atoms with E-state index in [0.717, 1.165) is 55.2 Å². The van der Waals surface area contributed by atoms with E-state index < -0.39 is 12.1 Å². The van der Waals surface area contributed by atoms with Crippen LogP contribution in [0.15, 0.2) is 72.8 Å². The van der Waals surface area contributed by atoms with Crippen molar-refractivity contribution >= 4 is 17.9 Å². The third-order valence-electron chi connectivity index (χ3n) is 9.32. The fourth-order valence-corrected chi connectivity index (χ4v) is 7.06. The van der Waals surface area contributed by atoms with Crippen molar-refractivity contribution in [3.63, 3.8) is 0 Å². The average molecular weight is 581 g/mol. The summed E-state index contributed by atoms with van der Waals surface area (Å²) in [5, 5.41) is 21.7. The van der Waals surface area contributed by atoms with Crippen LogP contribution in [-0.4, -0.2) is 41.6 Å². The van der Waals surface area contributed by atoms with E-state index in [4.69, 9.17) is 0 Å². The Hall–Kier alpha value is -4.17. The summed E-state index contributed by atoms with van der Waals surface area (Å²) >= 11 is 0. The number of carbonyl (C=O) groups excluding carboxylic acids is 2. The van der Waals surface area contributed by atoms with Crippen molar-refractivity contribution in [3.8, 4) is 0 Å². The van der Waals surface area contributed by atoms with Gasteiger partial charge in [0, 0.05) is 13.0 Å². The standard InChI is InChI=1S/C35H40N4O4/c40-33(37-29-13-5-9-24-7-1-3-11-27(24)29)31-20-26(21-36-31)23-17-15-22(16-18-23)19-32(39-35(42)43)34(41)38-30-14-6-10-25-8-2-4-12-28(25)30/h1-4,7-8,11-12,15-18,26,29-32,36,39H,5-6,9-10,13-14,19-21H2,(H,37,40)(H,38,41)(H,42,43)/t26-,29+,30+,31-,32-/m0/s1. The molecule has 3 aromatic rings. The molecule has 1 aliphatic heterocycles. The maximum absolute atomic E-state index is 13.3. The predicted octanol–water partition coefficient (Wildman–Crippen LogP) is 4.70. The molecular formula is C35H40N4O4. The van der Waals surface area contributed by atoms with Crippen LogP contribution >= 0.6 is 0 Å². The van der Waals surface area contributed by atoms with Gasteiger partial charge >= 0.3 is 6.09 Å². The van der Waals surface area contributed by atoms with Gasteiger partial charge in [0.05, 0.1) is 18.1 Å². The van der Waals surface area contributed by atoms with Crippen LogP contribution in [0.5, 0.6) is 0 Å². The zero-order chi connectivity index (χ0) is 29.8. The Kier molecular flexibility index (Phi) is 8.74. The number of carbonyl (C=O) groups is 3. The summed E-state index contributed by atoms with van der Waals surface area (Å²) in [5.74, 6) is -0.0660. The van der Waals surface area contributed by atoms with Crippen molar-refractivity contribution in [2.24, 2.45) is 0 Å². The van der Waals surface area contributed by atoms with E-state index in [1.54, 1.807) is 0 Å². The molecule has 5 N–H and O–H groups in total. The van der Waals surface area contributed by atoms with Crippen LogP contribution in [0.4, 0.5) is 4.79 Å². The molecule has 43 heavy (non-hydrogen) atoms. The summed E-state index contributed by atoms with van der Waals surface area (Å²) in [6.07, 6.45) is 5.65. The van der Waals surface area contributed by atoms with Crippen LogP contribution in [0.1, 0.15) is 83.5 Å². The third-order valence-corrected chi connectivity index (χ3v) is 9.32. The van der Waals surface area contributed by atoms with Crippen LogP contribution in [-0.2, 0) is 28.9 Å². The highest BCUT2D eigenvalue weighted by Crippen LogP contribution is 2.32. The van der Waals surface area contributed by atoms with Gasteiger partial charge in [-0.05, 0) is 84.2 Å². The molecule has 0 spiro atoms. The molecule has 2 aliphatic carbocycles. The largest absolute Gasteiger partial charge is 0.465 e. The van der Waals surface area contributed by atoms with E-state index >= 15 is 0 Å². The van der Waals surface area contributed by atoms with E-state index in [1.165, 1.54) is 16.7 Å². The Labute approximate surface area is 252 Å². The molecule has 1 fully saturated rings. The number of amides is 3. The van der Waals surface area contributed by atoms with Gasteiger partial charge in [0.2, 0.25) is 11.8 Å². The summed E-state index contributed by atoms with van der Waals surface area (Å²) < 4.78 is 0. The predicted molar refractivity (Wildman–Crippen MR) is 165 cm³/mol. The first-order chi connectivity index (χ1) is 20.9. The van der Waals surface area contributed by atoms with Crippen LogP contribution < -0.4 is 21.3 Å². The molecule has 1 heterocycles. The second kappa shape index (κ2) is 13.0. The smallest absolute Gasteiger partial charge is 0.405 e. The molecule has 0 unspecified atom stereocenters. The maximum Gasteiger partial charge on any atom is 0.405 e. The number of fused-ring (bicyclic) bond motifs is 2. The molecule has 0 radical (unpaired) electrons. The normalized spacial score (nSPS) is 23.3. The molecule has 6 rings (SSSR count). The summed E-state index contributed by atoms with van der Waals surface area (Å²) in [7, 11) is 0. The monoisotopic (exact) mass is 580 g/mol. The summed E-state index contributed by atoms with van der Waals surface area (Å²) in [6.45, 7) is 0.715. The molecule has 0 saturated carbocycles. The molecule has 0 bridgehead atoms. The molecule has 1 saturated heterocycles. The molecule has 5 atom stereocenters. The zero-order valence-electron chi connectivity index (χ0n) is 24.4. The highest BCUT2D eigenvalue weighted by Gasteiger charge is 2.33. The first-order valence-electron chi connectivity index (χ1n) is 15.5. The first kappa shape index (κ1) is 28.9. The fraction of sp³-hybridized carbons (Fsp3) is 0.400. The van der Waals surface area contributed by atoms with Crippen LogP contribution in [0.3, 0.4) is 0 Å². The topological polar surface area (TPSA) is 120 Å². The SMILES string of the molecule is O=C(O)N[C@@H](Cc1ccc([C@@H]2CN[C@H](C(=O)N[C@@H]3CCCc4ccccc43)C2)cc1)C(=O)N[C@@H]1CCCc2ccccc21. The van der Waals surface area contributed by atoms with Crippen molar-refractivity contribution in [2.45, 2.75) is 81.5 Å². The second-order valence-electron chi connectivity index (χ2n) is 12.1. The van der Waals surface area contributed by atoms with Crippen LogP contribution in [0.2, 0.25) is 0 Å². The molecule has 224 valence electrons. The number of aryl methyl sites for hydroxylation is 2. The average Bonchev–Trinajstić information content (AvgIpc) is 3.52. The van der Waals surface area contributed by atoms with Gasteiger partial charge in [-0.1, -0.05) is 72.8 Å². The number of hydrogen-bond donors (Lipinski definition) is 5. The number of nitrogens with one attached hydrogen (secondary N) is 4. The molecule has 0 aromatic heterocycles. The van der Waals surface area contributed by atoms with Crippen molar-refractivity contribution in [1.29, 1.82) is 0 Å². The summed E-state index contributed by atoms with van der Waals surface area (Å²) in [4.78, 5) is 38.0. The molecular weight excluding hydrogens is 540 g/mol. The van der Waals surface area contributed by atoms with Gasteiger partial charge in [0.15, 0.2) is 0 Å². The zero-order valence-corrected chi connectivity index (χ0v) is 24.4. The van der Waals surface area contributed by atoms with Crippen LogP contribution in [0, 0.1) is 0 Å². The van der Waals surface area contributed by atoms with Gasteiger partial charge in [-0.15, -0.1) is 0 Å². The number of rotatable bonds is 8. The summed E-state index contributed by atoms with van der Waals surface area (Å²) in [6, 6.07) is 23.3. The maximum atomic E-state index is 13.3. The Bertz CT molecular complexity index is 1470. The Morgan fingerprint density at radius 3 is 2.05 bits per heavy atom. The highest BCUT2D eigenvalue weighted by atomic mass is 16.4. The van der Waals surface area contributed by atoms with Crippen molar-refractivity contribution in [3.05, 3.63) is 106 Å². The molecule has 8 nitrogen and oxygen atoms in total. The molecule has 8 heteroatoms. The second-order valence-corrected chi connectivity index (χ2v) is 12.1. The van der Waals surface area contributed by atoms with Crippen molar-refractivity contribution in [2.75, 3.05) is 6.54 Å². The quantitative estimate of drug-likeness (QED) is 0.265. The molecule has 3 aliphatic rings. The lowest BCUT2D eigenvalue weighted by atomic mass is 9.87. The van der Waals surface area contributed by atoms with Crippen LogP contribution in [0.25, 0.3) is 0 Å². The van der Waals surface area contributed by atoms with Crippen molar-refractivity contribution in [1.82, 2.24) is 21.3 Å². The third kappa shape index (κ3) is 6.75. The van der Waals surface area contributed by atoms with Gasteiger partial charge in [0.25, 0.3) is 0 Å². The molecule has 3 aromatic carbocycles. The minimum absolute atomic E-state index is 0.0509. The lowest BCUT2D eigenvalue weighted by Crippen LogP contribution is -2.48. The number of hydrogen-bond acceptors (Lipinski definition) is 4. The van der Waals surface area contributed by atoms with Gasteiger partial charge in [0.1, 0.15) is 6.04 Å². The Balaban J connectivity index is 1.05. The van der Waals surface area contributed by atoms with E-state index in [1.807, 2.05) is 48.5 Å². The molecule has 3 amide bonds. The number of benzene rings is 3.